The number of aryl methyl sites for hydroxylation is 1. The Morgan fingerprint density at radius 1 is 1.15 bits per heavy atom. The molecule has 0 bridgehead atoms. The monoisotopic (exact) mass is 466 g/mol. The van der Waals surface area contributed by atoms with Crippen LogP contribution >= 0.6 is 11.6 Å². The Hall–Kier alpha value is -3.16. The fourth-order valence-electron chi connectivity index (χ4n) is 4.28. The number of halogens is 1. The molecule has 1 atom stereocenters. The van der Waals surface area contributed by atoms with E-state index >= 15 is 0 Å². The molecule has 0 radical (unpaired) electrons. The SMILES string of the molecule is COc1ccccc1C(CNC(=O)c1nn(-c2ccccc2Cl)c(C)cc1=O)N1CCCC1. The quantitative estimate of drug-likeness (QED) is 0.573. The normalized spacial score (nSPS) is 14.8. The van der Waals surface area contributed by atoms with Crippen LogP contribution in [0.1, 0.15) is 40.6 Å². The Labute approximate surface area is 197 Å². The zero-order valence-electron chi connectivity index (χ0n) is 18.8. The summed E-state index contributed by atoms with van der Waals surface area (Å²) in [5, 5.41) is 7.77. The average Bonchev–Trinajstić information content (AvgIpc) is 3.35. The summed E-state index contributed by atoms with van der Waals surface area (Å²) in [6.45, 7) is 3.98. The van der Waals surface area contributed by atoms with E-state index in [9.17, 15) is 9.59 Å². The topological polar surface area (TPSA) is 76.5 Å². The highest BCUT2D eigenvalue weighted by Crippen LogP contribution is 2.31. The highest BCUT2D eigenvalue weighted by atomic mass is 35.5. The van der Waals surface area contributed by atoms with Crippen molar-refractivity contribution in [2.75, 3.05) is 26.7 Å². The predicted molar refractivity (Wildman–Crippen MR) is 128 cm³/mol. The summed E-state index contributed by atoms with van der Waals surface area (Å²) < 4.78 is 7.09. The summed E-state index contributed by atoms with van der Waals surface area (Å²) in [6.07, 6.45) is 2.23. The molecule has 1 aliphatic rings. The molecule has 1 fully saturated rings. The maximum atomic E-state index is 13.1. The first-order chi connectivity index (χ1) is 16.0. The van der Waals surface area contributed by atoms with Crippen molar-refractivity contribution in [3.05, 3.63) is 86.8 Å². The van der Waals surface area contributed by atoms with Crippen LogP contribution in [0.15, 0.2) is 59.4 Å². The number of hydrogen-bond donors (Lipinski definition) is 1. The third kappa shape index (κ3) is 4.94. The van der Waals surface area contributed by atoms with Crippen LogP contribution < -0.4 is 15.5 Å². The van der Waals surface area contributed by atoms with Crippen LogP contribution in [0.5, 0.6) is 5.75 Å². The highest BCUT2D eigenvalue weighted by molar-refractivity contribution is 6.32. The van der Waals surface area contributed by atoms with E-state index in [-0.39, 0.29) is 11.7 Å². The Morgan fingerprint density at radius 3 is 2.58 bits per heavy atom. The molecule has 0 spiro atoms. The van der Waals surface area contributed by atoms with Crippen LogP contribution in [-0.2, 0) is 0 Å². The number of nitrogens with one attached hydrogen (secondary N) is 1. The molecular weight excluding hydrogens is 440 g/mol. The lowest BCUT2D eigenvalue weighted by Gasteiger charge is -2.29. The van der Waals surface area contributed by atoms with Crippen molar-refractivity contribution in [1.82, 2.24) is 20.0 Å². The van der Waals surface area contributed by atoms with E-state index in [1.54, 1.807) is 26.2 Å². The van der Waals surface area contributed by atoms with Gasteiger partial charge < -0.3 is 10.1 Å². The Morgan fingerprint density at radius 2 is 1.85 bits per heavy atom. The molecule has 1 aromatic heterocycles. The molecule has 1 amide bonds. The molecule has 1 N–H and O–H groups in total. The third-order valence-electron chi connectivity index (χ3n) is 5.94. The van der Waals surface area contributed by atoms with Crippen molar-refractivity contribution in [2.24, 2.45) is 0 Å². The predicted octanol–water partition coefficient (Wildman–Crippen LogP) is 3.77. The number of benzene rings is 2. The van der Waals surface area contributed by atoms with E-state index < -0.39 is 11.3 Å². The smallest absolute Gasteiger partial charge is 0.275 e. The first kappa shape index (κ1) is 23.0. The van der Waals surface area contributed by atoms with E-state index in [0.717, 1.165) is 37.2 Å². The fourth-order valence-corrected chi connectivity index (χ4v) is 4.49. The summed E-state index contributed by atoms with van der Waals surface area (Å²) >= 11 is 6.32. The second kappa shape index (κ2) is 10.2. The number of likely N-dealkylation sites (tertiary alicyclic amines) is 1. The lowest BCUT2D eigenvalue weighted by atomic mass is 10.0. The van der Waals surface area contributed by atoms with Gasteiger partial charge in [-0.1, -0.05) is 41.9 Å². The second-order valence-electron chi connectivity index (χ2n) is 8.07. The molecule has 0 aliphatic carbocycles. The van der Waals surface area contributed by atoms with E-state index in [1.807, 2.05) is 36.4 Å². The van der Waals surface area contributed by atoms with Gasteiger partial charge in [-0.25, -0.2) is 4.68 Å². The van der Waals surface area contributed by atoms with Gasteiger partial charge in [-0.3, -0.25) is 14.5 Å². The number of nitrogens with zero attached hydrogens (tertiary/aromatic N) is 3. The molecule has 172 valence electrons. The number of methoxy groups -OCH3 is 1. The molecule has 1 saturated heterocycles. The molecular formula is C25H27ClN4O3. The van der Waals surface area contributed by atoms with Crippen molar-refractivity contribution < 1.29 is 9.53 Å². The van der Waals surface area contributed by atoms with Crippen LogP contribution in [0.2, 0.25) is 5.02 Å². The minimum atomic E-state index is -0.514. The Balaban J connectivity index is 1.61. The standard InChI is InChI=1S/C25H27ClN4O3/c1-17-15-22(31)24(28-30(17)20-11-5-4-10-19(20)26)25(32)27-16-21(29-13-7-8-14-29)18-9-3-6-12-23(18)33-2/h3-6,9-12,15,21H,7-8,13-14,16H2,1-2H3,(H,27,32). The summed E-state index contributed by atoms with van der Waals surface area (Å²) in [5.41, 5.74) is 1.61. The first-order valence-electron chi connectivity index (χ1n) is 11.0. The lowest BCUT2D eigenvalue weighted by molar-refractivity contribution is 0.0929. The number of carbonyl (C=O) groups excluding carboxylic acids is 1. The molecule has 8 heteroatoms. The molecule has 1 unspecified atom stereocenters. The molecule has 2 heterocycles. The molecule has 2 aromatic carbocycles. The van der Waals surface area contributed by atoms with Crippen LogP contribution in [0.4, 0.5) is 0 Å². The number of ether oxygens (including phenoxy) is 1. The van der Waals surface area contributed by atoms with Crippen molar-refractivity contribution >= 4 is 17.5 Å². The maximum Gasteiger partial charge on any atom is 0.275 e. The van der Waals surface area contributed by atoms with E-state index in [2.05, 4.69) is 15.3 Å². The molecule has 3 aromatic rings. The van der Waals surface area contributed by atoms with Gasteiger partial charge in [-0.15, -0.1) is 0 Å². The van der Waals surface area contributed by atoms with Gasteiger partial charge in [0.05, 0.1) is 23.9 Å². The van der Waals surface area contributed by atoms with E-state index in [4.69, 9.17) is 16.3 Å². The van der Waals surface area contributed by atoms with Gasteiger partial charge in [0.2, 0.25) is 5.43 Å². The van der Waals surface area contributed by atoms with Crippen LogP contribution in [0.3, 0.4) is 0 Å². The minimum Gasteiger partial charge on any atom is -0.496 e. The summed E-state index contributed by atoms with van der Waals surface area (Å²) in [6, 6.07) is 16.3. The van der Waals surface area contributed by atoms with Crippen molar-refractivity contribution in [1.29, 1.82) is 0 Å². The molecule has 7 nitrogen and oxygen atoms in total. The number of aromatic nitrogens is 2. The molecule has 0 saturated carbocycles. The van der Waals surface area contributed by atoms with Gasteiger partial charge in [-0.2, -0.15) is 5.10 Å². The van der Waals surface area contributed by atoms with Crippen molar-refractivity contribution in [2.45, 2.75) is 25.8 Å². The van der Waals surface area contributed by atoms with Crippen LogP contribution in [-0.4, -0.2) is 47.3 Å². The number of hydrogen-bond acceptors (Lipinski definition) is 5. The van der Waals surface area contributed by atoms with Crippen molar-refractivity contribution in [3.63, 3.8) is 0 Å². The number of amides is 1. The number of para-hydroxylation sites is 2. The van der Waals surface area contributed by atoms with Gasteiger partial charge in [0, 0.05) is 23.9 Å². The average molecular weight is 467 g/mol. The van der Waals surface area contributed by atoms with E-state index in [1.165, 1.54) is 10.7 Å². The zero-order chi connectivity index (χ0) is 23.4. The highest BCUT2D eigenvalue weighted by Gasteiger charge is 2.27. The minimum absolute atomic E-state index is 0.0659. The van der Waals surface area contributed by atoms with Gasteiger partial charge in [0.15, 0.2) is 5.69 Å². The van der Waals surface area contributed by atoms with Crippen LogP contribution in [0.25, 0.3) is 5.69 Å². The second-order valence-corrected chi connectivity index (χ2v) is 8.48. The molecule has 33 heavy (non-hydrogen) atoms. The zero-order valence-corrected chi connectivity index (χ0v) is 19.5. The maximum absolute atomic E-state index is 13.1. The fraction of sp³-hybridized carbons (Fsp3) is 0.320. The Bertz CT molecular complexity index is 1200. The summed E-state index contributed by atoms with van der Waals surface area (Å²) in [5.74, 6) is 0.262. The van der Waals surface area contributed by atoms with Crippen molar-refractivity contribution in [3.8, 4) is 11.4 Å². The largest absolute Gasteiger partial charge is 0.496 e. The third-order valence-corrected chi connectivity index (χ3v) is 6.26. The number of carbonyl (C=O) groups is 1. The number of rotatable bonds is 7. The van der Waals surface area contributed by atoms with Crippen LogP contribution in [0, 0.1) is 6.92 Å². The van der Waals surface area contributed by atoms with Gasteiger partial charge in [-0.05, 0) is 51.1 Å². The summed E-state index contributed by atoms with van der Waals surface area (Å²) in [4.78, 5) is 28.0. The lowest BCUT2D eigenvalue weighted by Crippen LogP contribution is -2.39. The van der Waals surface area contributed by atoms with Gasteiger partial charge in [0.25, 0.3) is 5.91 Å². The first-order valence-corrected chi connectivity index (χ1v) is 11.4. The van der Waals surface area contributed by atoms with Gasteiger partial charge in [0.1, 0.15) is 5.75 Å². The summed E-state index contributed by atoms with van der Waals surface area (Å²) in [7, 11) is 1.64. The molecule has 4 rings (SSSR count). The Kier molecular flexibility index (Phi) is 7.11. The van der Waals surface area contributed by atoms with E-state index in [0.29, 0.717) is 22.9 Å². The van der Waals surface area contributed by atoms with Gasteiger partial charge >= 0.3 is 0 Å². The molecule has 1 aliphatic heterocycles.